The highest BCUT2D eigenvalue weighted by atomic mass is 16.5. The van der Waals surface area contributed by atoms with Crippen molar-refractivity contribution in [2.75, 3.05) is 7.11 Å². The van der Waals surface area contributed by atoms with Gasteiger partial charge in [0.1, 0.15) is 5.75 Å². The fourth-order valence-electron chi connectivity index (χ4n) is 1.40. The minimum Gasteiger partial charge on any atom is -0.496 e. The SMILES string of the molecule is COc1cc(C)cc(C)c1CN. The number of rotatable bonds is 2. The number of aryl methyl sites for hydroxylation is 2. The Hall–Kier alpha value is -1.02. The first kappa shape index (κ1) is 9.07. The number of ether oxygens (including phenoxy) is 1. The summed E-state index contributed by atoms with van der Waals surface area (Å²) in [6.07, 6.45) is 0. The molecule has 0 aromatic heterocycles. The molecule has 0 saturated heterocycles. The summed E-state index contributed by atoms with van der Waals surface area (Å²) >= 11 is 0. The van der Waals surface area contributed by atoms with Crippen LogP contribution in [0.25, 0.3) is 0 Å². The second-order valence-corrected chi connectivity index (χ2v) is 2.97. The van der Waals surface area contributed by atoms with Crippen molar-refractivity contribution in [1.82, 2.24) is 0 Å². The topological polar surface area (TPSA) is 35.2 Å². The Bertz CT molecular complexity index is 281. The number of hydrogen-bond acceptors (Lipinski definition) is 2. The molecule has 1 aromatic rings. The van der Waals surface area contributed by atoms with Crippen LogP contribution in [0.4, 0.5) is 0 Å². The molecule has 0 fully saturated rings. The lowest BCUT2D eigenvalue weighted by Crippen LogP contribution is -2.02. The number of nitrogens with two attached hydrogens (primary N) is 1. The van der Waals surface area contributed by atoms with E-state index in [9.17, 15) is 0 Å². The van der Waals surface area contributed by atoms with Gasteiger partial charge in [0.2, 0.25) is 0 Å². The van der Waals surface area contributed by atoms with Gasteiger partial charge < -0.3 is 10.5 Å². The fraction of sp³-hybridized carbons (Fsp3) is 0.400. The van der Waals surface area contributed by atoms with E-state index in [2.05, 4.69) is 19.9 Å². The van der Waals surface area contributed by atoms with Crippen LogP contribution in [0.5, 0.6) is 5.75 Å². The molecular weight excluding hydrogens is 150 g/mol. The fourth-order valence-corrected chi connectivity index (χ4v) is 1.40. The van der Waals surface area contributed by atoms with Crippen LogP contribution in [0.15, 0.2) is 12.1 Å². The van der Waals surface area contributed by atoms with Gasteiger partial charge in [0, 0.05) is 12.1 Å². The smallest absolute Gasteiger partial charge is 0.123 e. The van der Waals surface area contributed by atoms with Crippen molar-refractivity contribution < 1.29 is 4.74 Å². The van der Waals surface area contributed by atoms with Gasteiger partial charge in [-0.05, 0) is 31.0 Å². The van der Waals surface area contributed by atoms with Crippen LogP contribution >= 0.6 is 0 Å². The predicted octanol–water partition coefficient (Wildman–Crippen LogP) is 1.77. The zero-order chi connectivity index (χ0) is 9.14. The molecule has 1 aromatic carbocycles. The summed E-state index contributed by atoms with van der Waals surface area (Å²) in [6.45, 7) is 4.64. The highest BCUT2D eigenvalue weighted by Gasteiger charge is 2.04. The predicted molar refractivity (Wildman–Crippen MR) is 50.4 cm³/mol. The van der Waals surface area contributed by atoms with Gasteiger partial charge in [-0.25, -0.2) is 0 Å². The first-order valence-corrected chi connectivity index (χ1v) is 4.03. The van der Waals surface area contributed by atoms with E-state index < -0.39 is 0 Å². The molecule has 0 spiro atoms. The normalized spacial score (nSPS) is 10.0. The van der Waals surface area contributed by atoms with Crippen molar-refractivity contribution in [2.24, 2.45) is 5.73 Å². The Kier molecular flexibility index (Phi) is 2.71. The van der Waals surface area contributed by atoms with Crippen LogP contribution in [-0.4, -0.2) is 7.11 Å². The second kappa shape index (κ2) is 3.59. The van der Waals surface area contributed by atoms with E-state index in [0.29, 0.717) is 6.54 Å². The van der Waals surface area contributed by atoms with E-state index in [1.165, 1.54) is 11.1 Å². The van der Waals surface area contributed by atoms with E-state index in [1.54, 1.807) is 7.11 Å². The summed E-state index contributed by atoms with van der Waals surface area (Å²) < 4.78 is 5.22. The third-order valence-corrected chi connectivity index (χ3v) is 2.00. The maximum absolute atomic E-state index is 5.60. The molecule has 0 aliphatic rings. The molecule has 0 amide bonds. The van der Waals surface area contributed by atoms with Crippen LogP contribution < -0.4 is 10.5 Å². The Balaban J connectivity index is 3.24. The molecule has 66 valence electrons. The average molecular weight is 165 g/mol. The van der Waals surface area contributed by atoms with Crippen LogP contribution in [0.1, 0.15) is 16.7 Å². The van der Waals surface area contributed by atoms with Gasteiger partial charge in [0.25, 0.3) is 0 Å². The largest absolute Gasteiger partial charge is 0.496 e. The standard InChI is InChI=1S/C10H15NO/c1-7-4-8(2)9(6-11)10(5-7)12-3/h4-5H,6,11H2,1-3H3. The van der Waals surface area contributed by atoms with Gasteiger partial charge in [-0.15, -0.1) is 0 Å². The minimum absolute atomic E-state index is 0.537. The number of hydrogen-bond donors (Lipinski definition) is 1. The molecular formula is C10H15NO. The minimum atomic E-state index is 0.537. The summed E-state index contributed by atoms with van der Waals surface area (Å²) in [6, 6.07) is 4.12. The van der Waals surface area contributed by atoms with Gasteiger partial charge in [0.15, 0.2) is 0 Å². The molecule has 2 nitrogen and oxygen atoms in total. The van der Waals surface area contributed by atoms with Gasteiger partial charge in [-0.3, -0.25) is 0 Å². The van der Waals surface area contributed by atoms with Crippen LogP contribution in [0.2, 0.25) is 0 Å². The molecule has 12 heavy (non-hydrogen) atoms. The quantitative estimate of drug-likeness (QED) is 0.724. The summed E-state index contributed by atoms with van der Waals surface area (Å²) in [5.74, 6) is 0.898. The first-order valence-electron chi connectivity index (χ1n) is 4.03. The molecule has 1 rings (SSSR count). The summed E-state index contributed by atoms with van der Waals surface area (Å²) in [5, 5.41) is 0. The lowest BCUT2D eigenvalue weighted by atomic mass is 10.0. The van der Waals surface area contributed by atoms with Gasteiger partial charge >= 0.3 is 0 Å². The zero-order valence-electron chi connectivity index (χ0n) is 7.85. The van der Waals surface area contributed by atoms with Crippen molar-refractivity contribution in [3.8, 4) is 5.75 Å². The third-order valence-electron chi connectivity index (χ3n) is 2.00. The van der Waals surface area contributed by atoms with Crippen molar-refractivity contribution in [1.29, 1.82) is 0 Å². The van der Waals surface area contributed by atoms with Crippen LogP contribution in [-0.2, 0) is 6.54 Å². The summed E-state index contributed by atoms with van der Waals surface area (Å²) in [7, 11) is 1.67. The first-order chi connectivity index (χ1) is 5.69. The van der Waals surface area contributed by atoms with E-state index in [4.69, 9.17) is 10.5 Å². The van der Waals surface area contributed by atoms with E-state index in [1.807, 2.05) is 6.07 Å². The molecule has 0 aliphatic carbocycles. The molecule has 0 atom stereocenters. The van der Waals surface area contributed by atoms with E-state index in [0.717, 1.165) is 11.3 Å². The summed E-state index contributed by atoms with van der Waals surface area (Å²) in [5.41, 5.74) is 9.11. The van der Waals surface area contributed by atoms with Gasteiger partial charge in [-0.2, -0.15) is 0 Å². The third kappa shape index (κ3) is 1.59. The highest BCUT2D eigenvalue weighted by molar-refractivity contribution is 5.42. The van der Waals surface area contributed by atoms with Crippen molar-refractivity contribution in [3.63, 3.8) is 0 Å². The number of methoxy groups -OCH3 is 1. The van der Waals surface area contributed by atoms with Crippen molar-refractivity contribution in [2.45, 2.75) is 20.4 Å². The lowest BCUT2D eigenvalue weighted by molar-refractivity contribution is 0.409. The van der Waals surface area contributed by atoms with Crippen LogP contribution in [0.3, 0.4) is 0 Å². The molecule has 0 heterocycles. The molecule has 2 N–H and O–H groups in total. The zero-order valence-corrected chi connectivity index (χ0v) is 7.85. The molecule has 0 radical (unpaired) electrons. The van der Waals surface area contributed by atoms with Gasteiger partial charge in [-0.1, -0.05) is 6.07 Å². The maximum atomic E-state index is 5.60. The van der Waals surface area contributed by atoms with E-state index in [-0.39, 0.29) is 0 Å². The second-order valence-electron chi connectivity index (χ2n) is 2.97. The van der Waals surface area contributed by atoms with Crippen molar-refractivity contribution in [3.05, 3.63) is 28.8 Å². The molecule has 0 unspecified atom stereocenters. The number of benzene rings is 1. The Morgan fingerprint density at radius 3 is 2.50 bits per heavy atom. The van der Waals surface area contributed by atoms with Crippen molar-refractivity contribution >= 4 is 0 Å². The monoisotopic (exact) mass is 165 g/mol. The summed E-state index contributed by atoms with van der Waals surface area (Å²) in [4.78, 5) is 0. The molecule has 0 aliphatic heterocycles. The Morgan fingerprint density at radius 1 is 1.33 bits per heavy atom. The Morgan fingerprint density at radius 2 is 2.00 bits per heavy atom. The highest BCUT2D eigenvalue weighted by Crippen LogP contribution is 2.23. The maximum Gasteiger partial charge on any atom is 0.123 e. The van der Waals surface area contributed by atoms with Gasteiger partial charge in [0.05, 0.1) is 7.11 Å². The average Bonchev–Trinajstić information content (AvgIpc) is 2.03. The molecule has 2 heteroatoms. The molecule has 0 saturated carbocycles. The lowest BCUT2D eigenvalue weighted by Gasteiger charge is -2.10. The van der Waals surface area contributed by atoms with E-state index >= 15 is 0 Å². The molecule has 0 bridgehead atoms. The Labute approximate surface area is 73.3 Å². The van der Waals surface area contributed by atoms with Crippen LogP contribution in [0, 0.1) is 13.8 Å².